The second-order valence-electron chi connectivity index (χ2n) is 8.61. The molecule has 2 aromatic rings. The van der Waals surface area contributed by atoms with Crippen LogP contribution in [0.15, 0.2) is 15.6 Å². The lowest BCUT2D eigenvalue weighted by molar-refractivity contribution is 0.256. The van der Waals surface area contributed by atoms with Gasteiger partial charge in [-0.3, -0.25) is 0 Å². The number of amides is 2. The molecule has 9 heteroatoms. The molecule has 0 saturated heterocycles. The van der Waals surface area contributed by atoms with E-state index in [9.17, 15) is 13.4 Å². The highest BCUT2D eigenvalue weighted by atomic mass is 32.2. The van der Waals surface area contributed by atoms with E-state index in [1.807, 2.05) is 13.8 Å². The zero-order chi connectivity index (χ0) is 22.3. The maximum atomic E-state index is 14.8. The number of nitrogens with one attached hydrogen (secondary N) is 4. The minimum Gasteiger partial charge on any atom is -0.449 e. The van der Waals surface area contributed by atoms with Gasteiger partial charge in [0.15, 0.2) is 9.92 Å². The van der Waals surface area contributed by atoms with Crippen molar-refractivity contribution in [2.24, 2.45) is 0 Å². The molecule has 1 atom stereocenters. The largest absolute Gasteiger partial charge is 0.449 e. The number of urea groups is 1. The van der Waals surface area contributed by atoms with Crippen molar-refractivity contribution in [3.63, 3.8) is 0 Å². The minimum atomic E-state index is -3.69. The van der Waals surface area contributed by atoms with Gasteiger partial charge in [0.1, 0.15) is 11.6 Å². The van der Waals surface area contributed by atoms with Crippen LogP contribution < -0.4 is 15.4 Å². The summed E-state index contributed by atoms with van der Waals surface area (Å²) >= 11 is 0. The first kappa shape index (κ1) is 21.8. The summed E-state index contributed by atoms with van der Waals surface area (Å²) in [5.41, 5.74) is 4.46. The summed E-state index contributed by atoms with van der Waals surface area (Å²) in [6.45, 7) is 6.28. The molecule has 0 aliphatic heterocycles. The molecule has 1 unspecified atom stereocenters. The molecule has 4 rings (SSSR count). The van der Waals surface area contributed by atoms with Crippen LogP contribution in [0.5, 0.6) is 0 Å². The maximum Gasteiger partial charge on any atom is 0.332 e. The van der Waals surface area contributed by atoms with Crippen LogP contribution in [0, 0.1) is 17.5 Å². The van der Waals surface area contributed by atoms with Crippen LogP contribution >= 0.6 is 0 Å². The van der Waals surface area contributed by atoms with Gasteiger partial charge in [-0.05, 0) is 67.7 Å². The first-order valence-electron chi connectivity index (χ1n) is 10.7. The predicted octanol–water partition coefficient (Wildman–Crippen LogP) is 4.34. The maximum absolute atomic E-state index is 14.8. The van der Waals surface area contributed by atoms with Crippen LogP contribution in [0.25, 0.3) is 0 Å². The Morgan fingerprint density at radius 2 is 1.74 bits per heavy atom. The summed E-state index contributed by atoms with van der Waals surface area (Å²) in [6.07, 6.45) is 4.43. The Morgan fingerprint density at radius 3 is 2.32 bits per heavy atom. The summed E-state index contributed by atoms with van der Waals surface area (Å²) < 4.78 is 43.8. The Morgan fingerprint density at radius 1 is 1.16 bits per heavy atom. The van der Waals surface area contributed by atoms with Crippen LogP contribution in [0.3, 0.4) is 0 Å². The molecular formula is C22H29FN4O3S. The Labute approximate surface area is 182 Å². The molecule has 1 aromatic carbocycles. The van der Waals surface area contributed by atoms with E-state index < -0.39 is 15.9 Å². The molecule has 1 aromatic heterocycles. The molecule has 0 saturated carbocycles. The normalized spacial score (nSPS) is 16.8. The number of furan rings is 1. The first-order valence-corrected chi connectivity index (χ1v) is 12.3. The summed E-state index contributed by atoms with van der Waals surface area (Å²) in [4.78, 5) is 12.7. The Hall–Kier alpha value is -2.39. The van der Waals surface area contributed by atoms with Crippen LogP contribution in [-0.2, 0) is 42.1 Å². The van der Waals surface area contributed by atoms with Crippen molar-refractivity contribution in [3.05, 3.63) is 45.5 Å². The van der Waals surface area contributed by atoms with Crippen molar-refractivity contribution >= 4 is 21.6 Å². The van der Waals surface area contributed by atoms with Gasteiger partial charge in [0.2, 0.25) is 5.09 Å². The molecule has 4 N–H and O–H groups in total. The van der Waals surface area contributed by atoms with Gasteiger partial charge in [0, 0.05) is 29.9 Å². The molecule has 2 aliphatic rings. The molecule has 0 radical (unpaired) electrons. The molecule has 0 spiro atoms. The standard InChI is InChI=1S/C22H29FN4O3S/c1-12(2)25-11-14-10-19(30-13(14)3)31(24,29)27-22(28)26-21-17-8-4-6-15(17)20(23)16-7-5-9-18(16)21/h10,12,25H,4-9,11H2,1-3H3,(H3,24,26,27,28,29). The fourth-order valence-electron chi connectivity index (χ4n) is 4.48. The Balaban J connectivity index is 1.54. The minimum absolute atomic E-state index is 0.0877. The SMILES string of the molecule is Cc1oc(S(=N)(=O)NC(=O)Nc2c3c(c(F)c4c2CCC4)CCC3)cc1CNC(C)C. The van der Waals surface area contributed by atoms with Gasteiger partial charge in [-0.2, -0.15) is 0 Å². The van der Waals surface area contributed by atoms with Crippen LogP contribution in [0.1, 0.15) is 60.3 Å². The molecule has 2 aliphatic carbocycles. The molecule has 1 heterocycles. The third kappa shape index (κ3) is 4.21. The van der Waals surface area contributed by atoms with Gasteiger partial charge in [0.05, 0.1) is 0 Å². The number of carbonyl (C=O) groups excluding carboxylic acids is 1. The van der Waals surface area contributed by atoms with E-state index in [0.717, 1.165) is 29.5 Å². The highest BCUT2D eigenvalue weighted by Crippen LogP contribution is 2.40. The van der Waals surface area contributed by atoms with E-state index >= 15 is 0 Å². The van der Waals surface area contributed by atoms with E-state index in [4.69, 9.17) is 9.20 Å². The van der Waals surface area contributed by atoms with E-state index in [1.54, 1.807) is 13.0 Å². The fraction of sp³-hybridized carbons (Fsp3) is 0.500. The summed E-state index contributed by atoms with van der Waals surface area (Å²) in [5.74, 6) is 0.434. The Kier molecular flexibility index (Phi) is 5.83. The number of carbonyl (C=O) groups is 1. The zero-order valence-electron chi connectivity index (χ0n) is 18.1. The quantitative estimate of drug-likeness (QED) is 0.527. The molecule has 2 amide bonds. The summed E-state index contributed by atoms with van der Waals surface area (Å²) in [7, 11) is -3.69. The third-order valence-electron chi connectivity index (χ3n) is 6.03. The lowest BCUT2D eigenvalue weighted by Gasteiger charge is -2.17. The summed E-state index contributed by atoms with van der Waals surface area (Å²) in [6, 6.07) is 1.07. The third-order valence-corrected chi connectivity index (χ3v) is 7.27. The Bertz CT molecular complexity index is 1100. The van der Waals surface area contributed by atoms with Gasteiger partial charge < -0.3 is 15.1 Å². The van der Waals surface area contributed by atoms with Crippen LogP contribution in [-0.4, -0.2) is 16.3 Å². The second-order valence-corrected chi connectivity index (χ2v) is 10.3. The van der Waals surface area contributed by atoms with E-state index in [2.05, 4.69) is 15.4 Å². The van der Waals surface area contributed by atoms with Crippen molar-refractivity contribution in [2.75, 3.05) is 5.32 Å². The lowest BCUT2D eigenvalue weighted by atomic mass is 9.98. The average molecular weight is 449 g/mol. The van der Waals surface area contributed by atoms with Crippen molar-refractivity contribution in [1.29, 1.82) is 4.78 Å². The predicted molar refractivity (Wildman–Crippen MR) is 117 cm³/mol. The molecule has 7 nitrogen and oxygen atoms in total. The highest BCUT2D eigenvalue weighted by molar-refractivity contribution is 7.91. The number of anilines is 1. The summed E-state index contributed by atoms with van der Waals surface area (Å²) in [5, 5.41) is 5.95. The monoisotopic (exact) mass is 448 g/mol. The van der Waals surface area contributed by atoms with Gasteiger partial charge in [-0.1, -0.05) is 13.8 Å². The number of aryl methyl sites for hydroxylation is 1. The molecule has 0 bridgehead atoms. The van der Waals surface area contributed by atoms with Gasteiger partial charge in [-0.25, -0.2) is 22.9 Å². The zero-order valence-corrected chi connectivity index (χ0v) is 18.9. The number of halogens is 1. The molecule has 168 valence electrons. The number of fused-ring (bicyclic) bond motifs is 2. The van der Waals surface area contributed by atoms with Crippen molar-refractivity contribution in [1.82, 2.24) is 10.0 Å². The molecule has 0 fully saturated rings. The van der Waals surface area contributed by atoms with Gasteiger partial charge in [-0.15, -0.1) is 0 Å². The number of hydrogen-bond acceptors (Lipinski definition) is 5. The topological polar surface area (TPSA) is 107 Å². The van der Waals surface area contributed by atoms with Crippen molar-refractivity contribution in [3.8, 4) is 0 Å². The van der Waals surface area contributed by atoms with Crippen LogP contribution in [0.4, 0.5) is 14.9 Å². The first-order chi connectivity index (χ1) is 14.7. The van der Waals surface area contributed by atoms with Crippen molar-refractivity contribution in [2.45, 2.75) is 77.0 Å². The highest BCUT2D eigenvalue weighted by Gasteiger charge is 2.30. The lowest BCUT2D eigenvalue weighted by Crippen LogP contribution is -2.34. The van der Waals surface area contributed by atoms with Crippen molar-refractivity contribution < 1.29 is 17.8 Å². The van der Waals surface area contributed by atoms with E-state index in [-0.39, 0.29) is 17.0 Å². The molecular weight excluding hydrogens is 419 g/mol. The van der Waals surface area contributed by atoms with Gasteiger partial charge >= 0.3 is 6.03 Å². The second kappa shape index (κ2) is 8.27. The smallest absolute Gasteiger partial charge is 0.332 e. The van der Waals surface area contributed by atoms with E-state index in [1.165, 1.54) is 0 Å². The molecule has 31 heavy (non-hydrogen) atoms. The number of rotatable bonds is 6. The van der Waals surface area contributed by atoms with Crippen LogP contribution in [0.2, 0.25) is 0 Å². The van der Waals surface area contributed by atoms with E-state index in [0.29, 0.717) is 54.8 Å². The number of benzene rings is 1. The number of hydrogen-bond donors (Lipinski definition) is 4. The average Bonchev–Trinajstić information content (AvgIpc) is 3.42. The van der Waals surface area contributed by atoms with Gasteiger partial charge in [0.25, 0.3) is 0 Å². The fourth-order valence-corrected chi connectivity index (χ4v) is 5.44.